The van der Waals surface area contributed by atoms with Crippen LogP contribution < -0.4 is 0 Å². The topological polar surface area (TPSA) is 95.6 Å². The predicted octanol–water partition coefficient (Wildman–Crippen LogP) is 0.743. The average molecular weight is 264 g/mol. The van der Waals surface area contributed by atoms with Crippen molar-refractivity contribution in [2.45, 2.75) is 19.4 Å². The summed E-state index contributed by atoms with van der Waals surface area (Å²) in [6.07, 6.45) is 0. The van der Waals surface area contributed by atoms with Crippen LogP contribution in [0.5, 0.6) is 0 Å². The number of nitrogens with zero attached hydrogens (tertiary/aromatic N) is 2. The summed E-state index contributed by atoms with van der Waals surface area (Å²) in [7, 11) is 0. The number of hydrogen-bond acceptors (Lipinski definition) is 4. The van der Waals surface area contributed by atoms with Crippen molar-refractivity contribution in [1.82, 2.24) is 9.55 Å². The maximum absolute atomic E-state index is 11.0. The summed E-state index contributed by atoms with van der Waals surface area (Å²) in [5.74, 6) is -0.412. The molecule has 0 unspecified atom stereocenters. The second-order valence-electron chi connectivity index (χ2n) is 4.82. The molecule has 102 valence electrons. The third-order valence-electron chi connectivity index (χ3n) is 3.29. The van der Waals surface area contributed by atoms with Crippen molar-refractivity contribution < 1.29 is 20.1 Å². The fraction of sp³-hybridized carbons (Fsp3) is 0.385. The Morgan fingerprint density at radius 1 is 1.37 bits per heavy atom. The summed E-state index contributed by atoms with van der Waals surface area (Å²) >= 11 is 0. The summed E-state index contributed by atoms with van der Waals surface area (Å²) in [5, 5.41) is 28.0. The minimum absolute atomic E-state index is 0.145. The van der Waals surface area contributed by atoms with Gasteiger partial charge in [0.15, 0.2) is 0 Å². The van der Waals surface area contributed by atoms with Gasteiger partial charge in [0.25, 0.3) is 0 Å². The smallest absolute Gasteiger partial charge is 0.335 e. The number of benzene rings is 1. The molecule has 1 heterocycles. The number of aliphatic hydroxyl groups excluding tert-OH is 2. The molecular formula is C13H16N2O4. The number of aromatic nitrogens is 2. The summed E-state index contributed by atoms with van der Waals surface area (Å²) in [6, 6.07) is 4.61. The molecule has 6 nitrogen and oxygen atoms in total. The van der Waals surface area contributed by atoms with E-state index in [4.69, 9.17) is 5.11 Å². The van der Waals surface area contributed by atoms with E-state index in [9.17, 15) is 15.0 Å². The second-order valence-corrected chi connectivity index (χ2v) is 4.82. The zero-order valence-corrected chi connectivity index (χ0v) is 10.8. The molecule has 0 spiro atoms. The Labute approximate surface area is 109 Å². The van der Waals surface area contributed by atoms with Crippen LogP contribution in [0.15, 0.2) is 18.2 Å². The molecule has 0 saturated carbocycles. The first kappa shape index (κ1) is 13.5. The molecule has 0 radical (unpaired) electrons. The van der Waals surface area contributed by atoms with Gasteiger partial charge < -0.3 is 19.9 Å². The van der Waals surface area contributed by atoms with Gasteiger partial charge in [-0.25, -0.2) is 9.78 Å². The fourth-order valence-corrected chi connectivity index (χ4v) is 2.20. The average Bonchev–Trinajstić information content (AvgIpc) is 2.73. The Kier molecular flexibility index (Phi) is 3.30. The maximum Gasteiger partial charge on any atom is 0.335 e. The highest BCUT2D eigenvalue weighted by molar-refractivity contribution is 5.92. The van der Waals surface area contributed by atoms with Crippen LogP contribution in [0.25, 0.3) is 11.0 Å². The monoisotopic (exact) mass is 264 g/mol. The van der Waals surface area contributed by atoms with E-state index in [1.165, 1.54) is 12.1 Å². The highest BCUT2D eigenvalue weighted by Crippen LogP contribution is 2.26. The van der Waals surface area contributed by atoms with Crippen LogP contribution in [-0.4, -0.2) is 44.1 Å². The molecule has 2 aromatic rings. The molecule has 0 saturated heterocycles. The summed E-state index contributed by atoms with van der Waals surface area (Å²) in [4.78, 5) is 15.3. The van der Waals surface area contributed by atoms with Crippen molar-refractivity contribution in [3.05, 3.63) is 29.6 Å². The van der Waals surface area contributed by atoms with E-state index in [2.05, 4.69) is 4.98 Å². The Hall–Kier alpha value is -1.92. The Morgan fingerprint density at radius 3 is 2.53 bits per heavy atom. The lowest BCUT2D eigenvalue weighted by atomic mass is 10.0. The van der Waals surface area contributed by atoms with Gasteiger partial charge in [0.2, 0.25) is 0 Å². The molecule has 6 heteroatoms. The van der Waals surface area contributed by atoms with Gasteiger partial charge in [0, 0.05) is 0 Å². The molecular weight excluding hydrogens is 248 g/mol. The highest BCUT2D eigenvalue weighted by atomic mass is 16.4. The first-order chi connectivity index (χ1) is 8.92. The van der Waals surface area contributed by atoms with Gasteiger partial charge in [0.05, 0.1) is 35.3 Å². The van der Waals surface area contributed by atoms with Crippen molar-refractivity contribution in [2.75, 3.05) is 13.2 Å². The molecule has 1 aromatic carbocycles. The Bertz CT molecular complexity index is 629. The Balaban J connectivity index is 2.75. The minimum atomic E-state index is -1.03. The van der Waals surface area contributed by atoms with Crippen LogP contribution in [0, 0.1) is 6.92 Å². The lowest BCUT2D eigenvalue weighted by Gasteiger charge is -2.28. The third kappa shape index (κ3) is 2.09. The van der Waals surface area contributed by atoms with Crippen LogP contribution in [0.4, 0.5) is 0 Å². The highest BCUT2D eigenvalue weighted by Gasteiger charge is 2.28. The van der Waals surface area contributed by atoms with Gasteiger partial charge >= 0.3 is 5.97 Å². The molecule has 0 aliphatic heterocycles. The number of hydrogen-bond donors (Lipinski definition) is 3. The van der Waals surface area contributed by atoms with E-state index >= 15 is 0 Å². The molecule has 1 aromatic heterocycles. The lowest BCUT2D eigenvalue weighted by molar-refractivity contribution is 0.0697. The van der Waals surface area contributed by atoms with Gasteiger partial charge in [-0.15, -0.1) is 0 Å². The lowest BCUT2D eigenvalue weighted by Crippen LogP contribution is -2.38. The van der Waals surface area contributed by atoms with Crippen LogP contribution in [0.3, 0.4) is 0 Å². The first-order valence-corrected chi connectivity index (χ1v) is 5.87. The molecule has 0 aliphatic carbocycles. The fourth-order valence-electron chi connectivity index (χ4n) is 2.20. The molecule has 0 amide bonds. The first-order valence-electron chi connectivity index (χ1n) is 5.87. The van der Waals surface area contributed by atoms with Crippen molar-refractivity contribution in [3.63, 3.8) is 0 Å². The minimum Gasteiger partial charge on any atom is -0.478 e. The molecule has 0 bridgehead atoms. The molecule has 0 fully saturated rings. The third-order valence-corrected chi connectivity index (χ3v) is 3.29. The molecule has 0 atom stereocenters. The van der Waals surface area contributed by atoms with E-state index in [1.807, 2.05) is 0 Å². The zero-order chi connectivity index (χ0) is 14.2. The largest absolute Gasteiger partial charge is 0.478 e. The summed E-state index contributed by atoms with van der Waals surface area (Å²) < 4.78 is 1.68. The summed E-state index contributed by atoms with van der Waals surface area (Å²) in [5.41, 5.74) is 0.446. The molecule has 2 rings (SSSR count). The number of carboxylic acid groups (broad SMARTS) is 1. The standard InChI is InChI=1S/C13H16N2O4/c1-8-14-10-4-3-9(12(18)19)5-11(10)15(8)13(2,6-16)7-17/h3-5,16-17H,6-7H2,1-2H3,(H,18,19). The van der Waals surface area contributed by atoms with Gasteiger partial charge in [-0.3, -0.25) is 0 Å². The zero-order valence-electron chi connectivity index (χ0n) is 10.8. The summed E-state index contributed by atoms with van der Waals surface area (Å²) in [6.45, 7) is 2.90. The molecule has 3 N–H and O–H groups in total. The number of carbonyl (C=O) groups is 1. The number of aryl methyl sites for hydroxylation is 1. The van der Waals surface area contributed by atoms with E-state index in [0.29, 0.717) is 16.9 Å². The van der Waals surface area contributed by atoms with Crippen LogP contribution in [0.2, 0.25) is 0 Å². The van der Waals surface area contributed by atoms with Gasteiger partial charge in [-0.05, 0) is 32.0 Å². The van der Waals surface area contributed by atoms with E-state index < -0.39 is 11.5 Å². The number of imidazole rings is 1. The number of aliphatic hydroxyl groups is 2. The van der Waals surface area contributed by atoms with E-state index in [0.717, 1.165) is 0 Å². The van der Waals surface area contributed by atoms with Crippen molar-refractivity contribution in [2.24, 2.45) is 0 Å². The van der Waals surface area contributed by atoms with Crippen LogP contribution in [-0.2, 0) is 5.54 Å². The molecule has 0 aliphatic rings. The number of carboxylic acids is 1. The van der Waals surface area contributed by atoms with Crippen molar-refractivity contribution in [1.29, 1.82) is 0 Å². The Morgan fingerprint density at radius 2 is 2.00 bits per heavy atom. The quantitative estimate of drug-likeness (QED) is 0.757. The predicted molar refractivity (Wildman–Crippen MR) is 69.2 cm³/mol. The van der Waals surface area contributed by atoms with Crippen molar-refractivity contribution in [3.8, 4) is 0 Å². The van der Waals surface area contributed by atoms with Gasteiger partial charge in [0.1, 0.15) is 5.82 Å². The SMILES string of the molecule is Cc1nc2ccc(C(=O)O)cc2n1C(C)(CO)CO. The number of rotatable bonds is 4. The van der Waals surface area contributed by atoms with Gasteiger partial charge in [-0.1, -0.05) is 0 Å². The van der Waals surface area contributed by atoms with Crippen LogP contribution in [0.1, 0.15) is 23.1 Å². The van der Waals surface area contributed by atoms with Gasteiger partial charge in [-0.2, -0.15) is 0 Å². The van der Waals surface area contributed by atoms with Crippen LogP contribution >= 0.6 is 0 Å². The number of aromatic carboxylic acids is 1. The normalized spacial score (nSPS) is 12.0. The maximum atomic E-state index is 11.0. The number of fused-ring (bicyclic) bond motifs is 1. The van der Waals surface area contributed by atoms with Crippen molar-refractivity contribution >= 4 is 17.0 Å². The van der Waals surface area contributed by atoms with E-state index in [1.54, 1.807) is 24.5 Å². The van der Waals surface area contributed by atoms with E-state index in [-0.39, 0.29) is 18.8 Å². The molecule has 19 heavy (non-hydrogen) atoms. The second kappa shape index (κ2) is 4.64.